The van der Waals surface area contributed by atoms with Gasteiger partial charge in [-0.1, -0.05) is 15.9 Å². The molecule has 2 N–H and O–H groups in total. The van der Waals surface area contributed by atoms with Crippen LogP contribution in [0.25, 0.3) is 0 Å². The van der Waals surface area contributed by atoms with Crippen LogP contribution < -0.4 is 15.2 Å². The van der Waals surface area contributed by atoms with E-state index in [1.54, 1.807) is 18.2 Å². The van der Waals surface area contributed by atoms with Crippen molar-refractivity contribution in [3.8, 4) is 17.5 Å². The van der Waals surface area contributed by atoms with Gasteiger partial charge in [0.15, 0.2) is 11.6 Å². The Kier molecular flexibility index (Phi) is 3.66. The third-order valence-electron chi connectivity index (χ3n) is 2.17. The van der Waals surface area contributed by atoms with Crippen molar-refractivity contribution in [2.45, 2.75) is 0 Å². The number of nitrogen functional groups attached to an aromatic ring is 1. The minimum Gasteiger partial charge on any atom is -0.479 e. The van der Waals surface area contributed by atoms with Crippen LogP contribution in [0.1, 0.15) is 0 Å². The van der Waals surface area contributed by atoms with Gasteiger partial charge in [-0.2, -0.15) is 4.98 Å². The van der Waals surface area contributed by atoms with Crippen LogP contribution in [0.3, 0.4) is 0 Å². The number of hydrogen-bond acceptors (Lipinski definition) is 4. The molecule has 0 aliphatic carbocycles. The zero-order chi connectivity index (χ0) is 13.1. The molecule has 0 aliphatic rings. The van der Waals surface area contributed by atoms with E-state index in [-0.39, 0.29) is 17.5 Å². The molecule has 4 nitrogen and oxygen atoms in total. The molecule has 0 saturated carbocycles. The predicted molar refractivity (Wildman–Crippen MR) is 69.4 cm³/mol. The Bertz CT molecular complexity index is 578. The molecule has 2 aromatic rings. The number of rotatable bonds is 3. The highest BCUT2D eigenvalue weighted by Gasteiger charge is 2.08. The summed E-state index contributed by atoms with van der Waals surface area (Å²) >= 11 is 3.17. The highest BCUT2D eigenvalue weighted by Crippen LogP contribution is 2.28. The molecule has 1 aromatic carbocycles. The number of halogens is 2. The fourth-order valence-electron chi connectivity index (χ4n) is 1.33. The summed E-state index contributed by atoms with van der Waals surface area (Å²) < 4.78 is 24.5. The smallest absolute Gasteiger partial charge is 0.240 e. The van der Waals surface area contributed by atoms with Gasteiger partial charge in [-0.3, -0.25) is 0 Å². The number of hydrogen-bond donors (Lipinski definition) is 1. The molecule has 0 radical (unpaired) electrons. The number of pyridine rings is 1. The van der Waals surface area contributed by atoms with Gasteiger partial charge in [-0.25, -0.2) is 4.39 Å². The fraction of sp³-hybridized carbons (Fsp3) is 0.0833. The van der Waals surface area contributed by atoms with Crippen molar-refractivity contribution in [2.24, 2.45) is 0 Å². The van der Waals surface area contributed by atoms with Crippen LogP contribution in [0.15, 0.2) is 34.8 Å². The Labute approximate surface area is 112 Å². The third kappa shape index (κ3) is 2.70. The van der Waals surface area contributed by atoms with Crippen molar-refractivity contribution >= 4 is 21.6 Å². The first-order valence-corrected chi connectivity index (χ1v) is 5.83. The number of benzene rings is 1. The molecule has 1 aromatic heterocycles. The molecule has 0 fully saturated rings. The lowest BCUT2D eigenvalue weighted by Crippen LogP contribution is -1.97. The summed E-state index contributed by atoms with van der Waals surface area (Å²) in [5.41, 5.74) is 6.01. The number of methoxy groups -OCH3 is 1. The first kappa shape index (κ1) is 12.6. The lowest BCUT2D eigenvalue weighted by atomic mass is 10.3. The van der Waals surface area contributed by atoms with Crippen molar-refractivity contribution in [2.75, 3.05) is 12.8 Å². The summed E-state index contributed by atoms with van der Waals surface area (Å²) in [6, 6.07) is 7.61. The Hall–Kier alpha value is -1.82. The van der Waals surface area contributed by atoms with Crippen LogP contribution in [-0.4, -0.2) is 12.1 Å². The summed E-state index contributed by atoms with van der Waals surface area (Å²) in [6.07, 6.45) is 0. The van der Waals surface area contributed by atoms with Gasteiger partial charge >= 0.3 is 0 Å². The quantitative estimate of drug-likeness (QED) is 0.944. The van der Waals surface area contributed by atoms with Crippen LogP contribution in [0, 0.1) is 5.82 Å². The first-order valence-electron chi connectivity index (χ1n) is 5.03. The van der Waals surface area contributed by atoms with Crippen molar-refractivity contribution in [1.82, 2.24) is 4.98 Å². The molecule has 0 amide bonds. The van der Waals surface area contributed by atoms with Crippen LogP contribution in [0.5, 0.6) is 17.5 Å². The second-order valence-electron chi connectivity index (χ2n) is 3.42. The molecule has 18 heavy (non-hydrogen) atoms. The third-order valence-corrected chi connectivity index (χ3v) is 2.66. The Morgan fingerprint density at radius 1 is 1.28 bits per heavy atom. The molecule has 0 atom stereocenters. The summed E-state index contributed by atoms with van der Waals surface area (Å²) in [5, 5.41) is 0. The van der Waals surface area contributed by atoms with Crippen molar-refractivity contribution in [3.63, 3.8) is 0 Å². The second kappa shape index (κ2) is 5.22. The minimum absolute atomic E-state index is 0.0810. The van der Waals surface area contributed by atoms with Gasteiger partial charge in [0.25, 0.3) is 0 Å². The highest BCUT2D eigenvalue weighted by atomic mass is 79.9. The fourth-order valence-corrected chi connectivity index (χ4v) is 1.66. The predicted octanol–water partition coefficient (Wildman–Crippen LogP) is 3.37. The largest absolute Gasteiger partial charge is 0.479 e. The van der Waals surface area contributed by atoms with E-state index < -0.39 is 5.82 Å². The van der Waals surface area contributed by atoms with E-state index in [4.69, 9.17) is 15.2 Å². The molecule has 94 valence electrons. The molecule has 0 spiro atoms. The molecular weight excluding hydrogens is 303 g/mol. The Morgan fingerprint density at radius 3 is 2.72 bits per heavy atom. The molecule has 0 aliphatic heterocycles. The zero-order valence-corrected chi connectivity index (χ0v) is 11.1. The molecule has 0 unspecified atom stereocenters. The summed E-state index contributed by atoms with van der Waals surface area (Å²) in [7, 11) is 1.45. The van der Waals surface area contributed by atoms with Gasteiger partial charge in [0.2, 0.25) is 11.8 Å². The van der Waals surface area contributed by atoms with Gasteiger partial charge in [-0.05, 0) is 24.3 Å². The standard InChI is InChI=1S/C12H10BrFN2O2/c1-17-12-9(15)3-5-11(16-12)18-10-4-2-7(13)6-8(10)14/h2-6H,15H2,1H3. The van der Waals surface area contributed by atoms with Crippen LogP contribution in [-0.2, 0) is 0 Å². The lowest BCUT2D eigenvalue weighted by Gasteiger charge is -2.08. The molecule has 0 saturated heterocycles. The summed E-state index contributed by atoms with van der Waals surface area (Å²) in [6.45, 7) is 0. The van der Waals surface area contributed by atoms with E-state index in [0.29, 0.717) is 10.2 Å². The SMILES string of the molecule is COc1nc(Oc2ccc(Br)cc2F)ccc1N. The van der Waals surface area contributed by atoms with E-state index in [0.717, 1.165) is 0 Å². The van der Waals surface area contributed by atoms with E-state index in [2.05, 4.69) is 20.9 Å². The Balaban J connectivity index is 2.28. The van der Waals surface area contributed by atoms with Gasteiger partial charge in [0.05, 0.1) is 12.8 Å². The van der Waals surface area contributed by atoms with Gasteiger partial charge in [0, 0.05) is 10.5 Å². The van der Waals surface area contributed by atoms with E-state index in [9.17, 15) is 4.39 Å². The summed E-state index contributed by atoms with van der Waals surface area (Å²) in [4.78, 5) is 4.00. The number of ether oxygens (including phenoxy) is 2. The summed E-state index contributed by atoms with van der Waals surface area (Å²) in [5.74, 6) is 0.0479. The first-order chi connectivity index (χ1) is 8.60. The maximum absolute atomic E-state index is 13.6. The second-order valence-corrected chi connectivity index (χ2v) is 4.34. The number of nitrogens with zero attached hydrogens (tertiary/aromatic N) is 1. The Morgan fingerprint density at radius 2 is 2.06 bits per heavy atom. The van der Waals surface area contributed by atoms with Gasteiger partial charge in [0.1, 0.15) is 0 Å². The normalized spacial score (nSPS) is 10.2. The van der Waals surface area contributed by atoms with Crippen LogP contribution in [0.4, 0.5) is 10.1 Å². The maximum atomic E-state index is 13.6. The average molecular weight is 313 g/mol. The van der Waals surface area contributed by atoms with E-state index in [1.165, 1.54) is 19.2 Å². The van der Waals surface area contributed by atoms with Crippen LogP contribution >= 0.6 is 15.9 Å². The average Bonchev–Trinajstić information content (AvgIpc) is 2.35. The van der Waals surface area contributed by atoms with E-state index in [1.807, 2.05) is 0 Å². The topological polar surface area (TPSA) is 57.4 Å². The number of aromatic nitrogens is 1. The number of nitrogens with two attached hydrogens (primary N) is 1. The molecule has 6 heteroatoms. The highest BCUT2D eigenvalue weighted by molar-refractivity contribution is 9.10. The van der Waals surface area contributed by atoms with Gasteiger partial charge in [-0.15, -0.1) is 0 Å². The molecule has 2 rings (SSSR count). The van der Waals surface area contributed by atoms with Crippen molar-refractivity contribution < 1.29 is 13.9 Å². The maximum Gasteiger partial charge on any atom is 0.240 e. The molecular formula is C12H10BrFN2O2. The lowest BCUT2D eigenvalue weighted by molar-refractivity contribution is 0.380. The molecule has 0 bridgehead atoms. The minimum atomic E-state index is -0.484. The van der Waals surface area contributed by atoms with Gasteiger partial charge < -0.3 is 15.2 Å². The zero-order valence-electron chi connectivity index (χ0n) is 9.48. The van der Waals surface area contributed by atoms with Crippen molar-refractivity contribution in [1.29, 1.82) is 0 Å². The number of anilines is 1. The monoisotopic (exact) mass is 312 g/mol. The van der Waals surface area contributed by atoms with Crippen LogP contribution in [0.2, 0.25) is 0 Å². The van der Waals surface area contributed by atoms with Crippen molar-refractivity contribution in [3.05, 3.63) is 40.6 Å². The van der Waals surface area contributed by atoms with E-state index >= 15 is 0 Å². The molecule has 1 heterocycles.